The molecule has 0 aromatic rings. The molecule has 1 N–H and O–H groups in total. The molecule has 0 atom stereocenters. The minimum atomic E-state index is -0.472. The highest BCUT2D eigenvalue weighted by Gasteiger charge is 2.33. The van der Waals surface area contributed by atoms with Crippen LogP contribution in [0.15, 0.2) is 0 Å². The molecule has 0 aromatic heterocycles. The number of carbonyl (C=O) groups excluding carboxylic acids is 2. The van der Waals surface area contributed by atoms with E-state index >= 15 is 0 Å². The lowest BCUT2D eigenvalue weighted by molar-refractivity contribution is 0.0481. The highest BCUT2D eigenvalue weighted by molar-refractivity contribution is 5.70. The summed E-state index contributed by atoms with van der Waals surface area (Å²) in [6.45, 7) is 6.73. The molecule has 0 aromatic carbocycles. The molecule has 1 aliphatic heterocycles. The molecule has 1 saturated heterocycles. The van der Waals surface area contributed by atoms with Gasteiger partial charge in [-0.2, -0.15) is 0 Å². The van der Waals surface area contributed by atoms with E-state index in [0.717, 1.165) is 25.7 Å². The molecule has 2 rings (SSSR count). The fourth-order valence-corrected chi connectivity index (χ4v) is 2.74. The average Bonchev–Trinajstić information content (AvgIpc) is 2.74. The molecular formula is C14H24N2O4. The van der Waals surface area contributed by atoms with Crippen LogP contribution in [0.3, 0.4) is 0 Å². The van der Waals surface area contributed by atoms with Gasteiger partial charge in [0.25, 0.3) is 0 Å². The predicted octanol–water partition coefficient (Wildman–Crippen LogP) is 2.27. The Labute approximate surface area is 119 Å². The van der Waals surface area contributed by atoms with Gasteiger partial charge in [-0.25, -0.2) is 9.59 Å². The number of nitrogens with one attached hydrogen (secondary N) is 1. The van der Waals surface area contributed by atoms with Crippen molar-refractivity contribution >= 4 is 12.2 Å². The van der Waals surface area contributed by atoms with Crippen LogP contribution in [-0.2, 0) is 9.47 Å². The van der Waals surface area contributed by atoms with Crippen molar-refractivity contribution in [2.24, 2.45) is 0 Å². The van der Waals surface area contributed by atoms with Crippen LogP contribution in [0.25, 0.3) is 0 Å². The summed E-state index contributed by atoms with van der Waals surface area (Å²) in [6, 6.07) is 0.390. The van der Waals surface area contributed by atoms with E-state index < -0.39 is 5.60 Å². The van der Waals surface area contributed by atoms with Crippen LogP contribution in [0, 0.1) is 0 Å². The van der Waals surface area contributed by atoms with Crippen LogP contribution in [-0.4, -0.2) is 47.9 Å². The molecule has 2 amide bonds. The minimum Gasteiger partial charge on any atom is -0.448 e. The summed E-state index contributed by atoms with van der Waals surface area (Å²) >= 11 is 0. The van der Waals surface area contributed by atoms with Gasteiger partial charge in [0.1, 0.15) is 12.2 Å². The van der Waals surface area contributed by atoms with Crippen molar-refractivity contribution in [2.45, 2.75) is 64.1 Å². The average molecular weight is 284 g/mol. The third-order valence-corrected chi connectivity index (χ3v) is 3.65. The molecule has 1 heterocycles. The lowest BCUT2D eigenvalue weighted by Gasteiger charge is -2.33. The van der Waals surface area contributed by atoms with E-state index in [4.69, 9.17) is 9.47 Å². The first-order chi connectivity index (χ1) is 9.35. The van der Waals surface area contributed by atoms with Crippen LogP contribution >= 0.6 is 0 Å². The number of hydrogen-bond donors (Lipinski definition) is 1. The van der Waals surface area contributed by atoms with E-state index in [9.17, 15) is 9.59 Å². The Kier molecular flexibility index (Phi) is 4.40. The van der Waals surface area contributed by atoms with Gasteiger partial charge in [-0.15, -0.1) is 0 Å². The minimum absolute atomic E-state index is 0.139. The fraction of sp³-hybridized carbons (Fsp3) is 0.857. The Morgan fingerprint density at radius 2 is 1.95 bits per heavy atom. The molecule has 0 radical (unpaired) electrons. The molecule has 20 heavy (non-hydrogen) atoms. The molecule has 114 valence electrons. The number of alkyl carbamates (subject to hydrolysis) is 1. The Morgan fingerprint density at radius 1 is 1.30 bits per heavy atom. The molecular weight excluding hydrogens is 260 g/mol. The van der Waals surface area contributed by atoms with E-state index in [1.807, 2.05) is 25.7 Å². The quantitative estimate of drug-likeness (QED) is 0.844. The third kappa shape index (κ3) is 4.02. The van der Waals surface area contributed by atoms with Gasteiger partial charge in [0.2, 0.25) is 0 Å². The second kappa shape index (κ2) is 5.89. The Bertz CT molecular complexity index is 370. The summed E-state index contributed by atoms with van der Waals surface area (Å²) in [5.41, 5.74) is -0.472. The monoisotopic (exact) mass is 284 g/mol. The molecule has 1 aliphatic carbocycles. The van der Waals surface area contributed by atoms with Gasteiger partial charge in [-0.1, -0.05) is 0 Å². The molecule has 2 aliphatic rings. The number of nitrogens with zero attached hydrogens (tertiary/aromatic N) is 1. The number of hydrogen-bond acceptors (Lipinski definition) is 4. The summed E-state index contributed by atoms with van der Waals surface area (Å²) in [6.07, 6.45) is 2.97. The molecule has 2 fully saturated rings. The van der Waals surface area contributed by atoms with Crippen LogP contribution < -0.4 is 5.32 Å². The zero-order valence-corrected chi connectivity index (χ0v) is 12.5. The van der Waals surface area contributed by atoms with Crippen molar-refractivity contribution in [3.8, 4) is 0 Å². The van der Waals surface area contributed by atoms with E-state index in [1.54, 1.807) is 0 Å². The number of amides is 2. The van der Waals surface area contributed by atoms with Gasteiger partial charge in [-0.3, -0.25) is 0 Å². The number of rotatable bonds is 2. The highest BCUT2D eigenvalue weighted by Crippen LogP contribution is 2.25. The lowest BCUT2D eigenvalue weighted by atomic mass is 9.90. The zero-order valence-electron chi connectivity index (χ0n) is 12.5. The van der Waals surface area contributed by atoms with Crippen molar-refractivity contribution in [1.82, 2.24) is 10.2 Å². The Morgan fingerprint density at radius 3 is 2.45 bits per heavy atom. The first kappa shape index (κ1) is 14.9. The van der Waals surface area contributed by atoms with E-state index in [0.29, 0.717) is 13.2 Å². The van der Waals surface area contributed by atoms with Gasteiger partial charge >= 0.3 is 12.2 Å². The van der Waals surface area contributed by atoms with Crippen molar-refractivity contribution < 1.29 is 19.1 Å². The van der Waals surface area contributed by atoms with Crippen molar-refractivity contribution in [3.05, 3.63) is 0 Å². The van der Waals surface area contributed by atoms with Crippen molar-refractivity contribution in [2.75, 3.05) is 13.2 Å². The maximum Gasteiger partial charge on any atom is 0.410 e. The maximum atomic E-state index is 11.7. The van der Waals surface area contributed by atoms with E-state index in [1.165, 1.54) is 0 Å². The second-order valence-electron chi connectivity index (χ2n) is 6.46. The van der Waals surface area contributed by atoms with Crippen LogP contribution in [0.2, 0.25) is 0 Å². The predicted molar refractivity (Wildman–Crippen MR) is 73.5 cm³/mol. The maximum absolute atomic E-state index is 11.7. The number of cyclic esters (lactones) is 1. The third-order valence-electron chi connectivity index (χ3n) is 3.65. The second-order valence-corrected chi connectivity index (χ2v) is 6.46. The summed E-state index contributed by atoms with van der Waals surface area (Å²) in [7, 11) is 0. The summed E-state index contributed by atoms with van der Waals surface area (Å²) < 4.78 is 10.2. The van der Waals surface area contributed by atoms with Gasteiger partial charge < -0.3 is 19.7 Å². The molecule has 6 heteroatoms. The molecule has 0 bridgehead atoms. The highest BCUT2D eigenvalue weighted by atomic mass is 16.6. The molecule has 6 nitrogen and oxygen atoms in total. The van der Waals surface area contributed by atoms with E-state index in [2.05, 4.69) is 5.32 Å². The Balaban J connectivity index is 1.74. The largest absolute Gasteiger partial charge is 0.448 e. The molecule has 1 saturated carbocycles. The SMILES string of the molecule is CC(C)(C)OC(=O)NC1CCC(N2CCOC2=O)CC1. The normalized spacial score (nSPS) is 27.1. The number of carbonyl (C=O) groups is 2. The van der Waals surface area contributed by atoms with E-state index in [-0.39, 0.29) is 24.3 Å². The van der Waals surface area contributed by atoms with Crippen molar-refractivity contribution in [1.29, 1.82) is 0 Å². The molecule has 0 unspecified atom stereocenters. The zero-order chi connectivity index (χ0) is 14.8. The number of ether oxygens (including phenoxy) is 2. The van der Waals surface area contributed by atoms with Gasteiger partial charge in [0.15, 0.2) is 0 Å². The van der Waals surface area contributed by atoms with Crippen LogP contribution in [0.4, 0.5) is 9.59 Å². The first-order valence-corrected chi connectivity index (χ1v) is 7.28. The Hall–Kier alpha value is -1.46. The van der Waals surface area contributed by atoms with Crippen LogP contribution in [0.5, 0.6) is 0 Å². The summed E-state index contributed by atoms with van der Waals surface area (Å²) in [5.74, 6) is 0. The first-order valence-electron chi connectivity index (χ1n) is 7.28. The topological polar surface area (TPSA) is 67.9 Å². The van der Waals surface area contributed by atoms with Gasteiger partial charge in [-0.05, 0) is 46.5 Å². The summed E-state index contributed by atoms with van der Waals surface area (Å²) in [4.78, 5) is 25.0. The smallest absolute Gasteiger partial charge is 0.410 e. The van der Waals surface area contributed by atoms with Gasteiger partial charge in [0.05, 0.1) is 6.54 Å². The van der Waals surface area contributed by atoms with Crippen LogP contribution in [0.1, 0.15) is 46.5 Å². The van der Waals surface area contributed by atoms with Gasteiger partial charge in [0, 0.05) is 12.1 Å². The summed E-state index contributed by atoms with van der Waals surface area (Å²) in [5, 5.41) is 2.90. The molecule has 0 spiro atoms. The fourth-order valence-electron chi connectivity index (χ4n) is 2.74. The lowest BCUT2D eigenvalue weighted by Crippen LogP contribution is -2.45. The standard InChI is InChI=1S/C14H24N2O4/c1-14(2,3)20-12(17)15-10-4-6-11(7-5-10)16-8-9-19-13(16)18/h10-11H,4-9H2,1-3H3,(H,15,17). The van der Waals surface area contributed by atoms with Crippen molar-refractivity contribution in [3.63, 3.8) is 0 Å².